The zero-order chi connectivity index (χ0) is 13.1. The number of aldehydes is 1. The number of rotatable bonds is 4. The molecule has 2 atom stereocenters. The SMILES string of the molecule is COC(=O)C1C=C(OC)C=C(OC)C1(C)C=O. The molecule has 0 amide bonds. The van der Waals surface area contributed by atoms with E-state index in [1.54, 1.807) is 19.1 Å². The van der Waals surface area contributed by atoms with Gasteiger partial charge in [-0.25, -0.2) is 0 Å². The van der Waals surface area contributed by atoms with Gasteiger partial charge >= 0.3 is 5.97 Å². The van der Waals surface area contributed by atoms with Crippen LogP contribution in [0.2, 0.25) is 0 Å². The Hall–Kier alpha value is -1.78. The first-order valence-electron chi connectivity index (χ1n) is 5.09. The van der Waals surface area contributed by atoms with Gasteiger partial charge in [-0.2, -0.15) is 0 Å². The van der Waals surface area contributed by atoms with Gasteiger partial charge in [-0.3, -0.25) is 4.79 Å². The first-order valence-corrected chi connectivity index (χ1v) is 5.09. The summed E-state index contributed by atoms with van der Waals surface area (Å²) in [5.41, 5.74) is -1.07. The fourth-order valence-electron chi connectivity index (χ4n) is 1.80. The molecular weight excluding hydrogens is 224 g/mol. The molecule has 0 aromatic heterocycles. The number of methoxy groups -OCH3 is 3. The summed E-state index contributed by atoms with van der Waals surface area (Å²) in [6.07, 6.45) is 3.84. The van der Waals surface area contributed by atoms with Crippen molar-refractivity contribution in [1.82, 2.24) is 0 Å². The van der Waals surface area contributed by atoms with Gasteiger partial charge in [0.2, 0.25) is 0 Å². The van der Waals surface area contributed by atoms with Crippen molar-refractivity contribution in [2.45, 2.75) is 6.92 Å². The second-order valence-electron chi connectivity index (χ2n) is 3.89. The molecule has 0 aromatic carbocycles. The molecule has 0 fully saturated rings. The van der Waals surface area contributed by atoms with Gasteiger partial charge in [0.15, 0.2) is 0 Å². The van der Waals surface area contributed by atoms with E-state index in [0.29, 0.717) is 17.8 Å². The highest BCUT2D eigenvalue weighted by Crippen LogP contribution is 2.40. The topological polar surface area (TPSA) is 61.8 Å². The van der Waals surface area contributed by atoms with Gasteiger partial charge in [0.25, 0.3) is 0 Å². The average Bonchev–Trinajstić information content (AvgIpc) is 2.37. The number of carbonyl (C=O) groups excluding carboxylic acids is 2. The fourth-order valence-corrected chi connectivity index (χ4v) is 1.80. The average molecular weight is 240 g/mol. The highest BCUT2D eigenvalue weighted by atomic mass is 16.5. The normalized spacial score (nSPS) is 27.6. The van der Waals surface area contributed by atoms with Gasteiger partial charge in [-0.1, -0.05) is 0 Å². The summed E-state index contributed by atoms with van der Waals surface area (Å²) in [6.45, 7) is 1.62. The van der Waals surface area contributed by atoms with Gasteiger partial charge in [-0.05, 0) is 13.0 Å². The molecule has 1 rings (SSSR count). The van der Waals surface area contributed by atoms with Gasteiger partial charge in [-0.15, -0.1) is 0 Å². The van der Waals surface area contributed by atoms with Crippen LogP contribution in [0.3, 0.4) is 0 Å². The van der Waals surface area contributed by atoms with E-state index in [0.717, 1.165) is 0 Å². The highest BCUT2D eigenvalue weighted by Gasteiger charge is 2.45. The fraction of sp³-hybridized carbons (Fsp3) is 0.500. The summed E-state index contributed by atoms with van der Waals surface area (Å²) < 4.78 is 14.9. The van der Waals surface area contributed by atoms with Crippen LogP contribution in [0.15, 0.2) is 23.7 Å². The molecule has 0 aromatic rings. The second kappa shape index (κ2) is 5.03. The third-order valence-electron chi connectivity index (χ3n) is 2.94. The van der Waals surface area contributed by atoms with E-state index in [4.69, 9.17) is 14.2 Å². The van der Waals surface area contributed by atoms with E-state index < -0.39 is 17.3 Å². The van der Waals surface area contributed by atoms with Crippen LogP contribution < -0.4 is 0 Å². The smallest absolute Gasteiger partial charge is 0.314 e. The molecular formula is C12H16O5. The molecule has 94 valence electrons. The lowest BCUT2D eigenvalue weighted by Crippen LogP contribution is -2.39. The Bertz CT molecular complexity index is 382. The Morgan fingerprint density at radius 3 is 2.41 bits per heavy atom. The summed E-state index contributed by atoms with van der Waals surface area (Å²) in [7, 11) is 4.20. The largest absolute Gasteiger partial charge is 0.500 e. The summed E-state index contributed by atoms with van der Waals surface area (Å²) in [5.74, 6) is -0.407. The van der Waals surface area contributed by atoms with Crippen LogP contribution in [0.5, 0.6) is 0 Å². The van der Waals surface area contributed by atoms with E-state index >= 15 is 0 Å². The maximum absolute atomic E-state index is 11.7. The molecule has 5 heteroatoms. The van der Waals surface area contributed by atoms with Crippen LogP contribution >= 0.6 is 0 Å². The standard InChI is InChI=1S/C12H16O5/c1-12(7-13)9(11(14)17-4)5-8(15-2)6-10(12)16-3/h5-7,9H,1-4H3. The summed E-state index contributed by atoms with van der Waals surface area (Å²) >= 11 is 0. The van der Waals surface area contributed by atoms with E-state index in [-0.39, 0.29) is 0 Å². The highest BCUT2D eigenvalue weighted by molar-refractivity contribution is 5.83. The minimum absolute atomic E-state index is 0.377. The lowest BCUT2D eigenvalue weighted by molar-refractivity contribution is -0.149. The van der Waals surface area contributed by atoms with E-state index in [2.05, 4.69) is 0 Å². The van der Waals surface area contributed by atoms with Crippen LogP contribution in [0.1, 0.15) is 6.92 Å². The van der Waals surface area contributed by atoms with Crippen molar-refractivity contribution in [3.05, 3.63) is 23.7 Å². The molecule has 0 radical (unpaired) electrons. The zero-order valence-corrected chi connectivity index (χ0v) is 10.4. The molecule has 0 N–H and O–H groups in total. The minimum Gasteiger partial charge on any atom is -0.500 e. The predicted molar refractivity (Wildman–Crippen MR) is 59.9 cm³/mol. The number of esters is 1. The molecule has 0 aliphatic heterocycles. The zero-order valence-electron chi connectivity index (χ0n) is 10.4. The Morgan fingerprint density at radius 2 is 2.00 bits per heavy atom. The third-order valence-corrected chi connectivity index (χ3v) is 2.94. The van der Waals surface area contributed by atoms with Crippen LogP contribution in [-0.2, 0) is 23.8 Å². The number of hydrogen-bond donors (Lipinski definition) is 0. The first kappa shape index (κ1) is 13.3. The van der Waals surface area contributed by atoms with Crippen molar-refractivity contribution < 1.29 is 23.8 Å². The van der Waals surface area contributed by atoms with Crippen LogP contribution in [-0.4, -0.2) is 33.6 Å². The molecule has 0 bridgehead atoms. The van der Waals surface area contributed by atoms with E-state index in [9.17, 15) is 9.59 Å². The number of allylic oxidation sites excluding steroid dienone is 2. The monoisotopic (exact) mass is 240 g/mol. The lowest BCUT2D eigenvalue weighted by Gasteiger charge is -2.33. The maximum atomic E-state index is 11.7. The number of ether oxygens (including phenoxy) is 3. The van der Waals surface area contributed by atoms with Crippen LogP contribution in [0, 0.1) is 11.3 Å². The number of hydrogen-bond acceptors (Lipinski definition) is 5. The Balaban J connectivity index is 3.26. The first-order chi connectivity index (χ1) is 8.03. The lowest BCUT2D eigenvalue weighted by atomic mass is 9.73. The van der Waals surface area contributed by atoms with Gasteiger partial charge in [0, 0.05) is 6.08 Å². The van der Waals surface area contributed by atoms with Crippen molar-refractivity contribution >= 4 is 12.3 Å². The van der Waals surface area contributed by atoms with Crippen molar-refractivity contribution in [2.75, 3.05) is 21.3 Å². The summed E-state index contributed by atoms with van der Waals surface area (Å²) in [5, 5.41) is 0. The molecule has 0 saturated carbocycles. The Labute approximate surface area is 100 Å². The summed E-state index contributed by atoms with van der Waals surface area (Å²) in [6, 6.07) is 0. The maximum Gasteiger partial charge on any atom is 0.314 e. The number of carbonyl (C=O) groups is 2. The molecule has 5 nitrogen and oxygen atoms in total. The third kappa shape index (κ3) is 2.18. The van der Waals surface area contributed by atoms with E-state index in [1.807, 2.05) is 0 Å². The Kier molecular flexibility index (Phi) is 3.93. The van der Waals surface area contributed by atoms with Crippen molar-refractivity contribution in [1.29, 1.82) is 0 Å². The van der Waals surface area contributed by atoms with Gasteiger partial charge in [0.05, 0.1) is 32.7 Å². The second-order valence-corrected chi connectivity index (χ2v) is 3.89. The van der Waals surface area contributed by atoms with Gasteiger partial charge < -0.3 is 19.0 Å². The molecule has 0 saturated heterocycles. The molecule has 2 unspecified atom stereocenters. The van der Waals surface area contributed by atoms with Crippen molar-refractivity contribution in [3.63, 3.8) is 0 Å². The van der Waals surface area contributed by atoms with Crippen LogP contribution in [0.4, 0.5) is 0 Å². The molecule has 0 spiro atoms. The summed E-state index contributed by atoms with van der Waals surface area (Å²) in [4.78, 5) is 23.0. The van der Waals surface area contributed by atoms with Gasteiger partial charge in [0.1, 0.15) is 17.8 Å². The molecule has 1 aliphatic rings. The van der Waals surface area contributed by atoms with Crippen molar-refractivity contribution in [2.24, 2.45) is 11.3 Å². The van der Waals surface area contributed by atoms with E-state index in [1.165, 1.54) is 21.3 Å². The van der Waals surface area contributed by atoms with Crippen LogP contribution in [0.25, 0.3) is 0 Å². The van der Waals surface area contributed by atoms with Crippen molar-refractivity contribution in [3.8, 4) is 0 Å². The molecule has 0 heterocycles. The minimum atomic E-state index is -1.07. The molecule has 1 aliphatic carbocycles. The predicted octanol–water partition coefficient (Wildman–Crippen LogP) is 1.05. The quantitative estimate of drug-likeness (QED) is 0.543. The Morgan fingerprint density at radius 1 is 1.35 bits per heavy atom. The molecule has 17 heavy (non-hydrogen) atoms.